The highest BCUT2D eigenvalue weighted by Crippen LogP contribution is 2.21. The van der Waals surface area contributed by atoms with E-state index in [1.807, 2.05) is 24.0 Å². The number of nitrogens with one attached hydrogen (secondary N) is 1. The third kappa shape index (κ3) is 4.98. The zero-order chi connectivity index (χ0) is 21.5. The Morgan fingerprint density at radius 3 is 2.83 bits per heavy atom. The van der Waals surface area contributed by atoms with Crippen LogP contribution in [0.1, 0.15) is 40.0 Å². The van der Waals surface area contributed by atoms with Crippen molar-refractivity contribution in [1.29, 1.82) is 0 Å². The van der Waals surface area contributed by atoms with Gasteiger partial charge in [0.2, 0.25) is 5.91 Å². The van der Waals surface area contributed by atoms with E-state index in [9.17, 15) is 9.59 Å². The first-order chi connectivity index (χ1) is 14.6. The van der Waals surface area contributed by atoms with Crippen molar-refractivity contribution in [3.63, 3.8) is 0 Å². The minimum Gasteiger partial charge on any atom is -0.356 e. The summed E-state index contributed by atoms with van der Waals surface area (Å²) in [6, 6.07) is 3.70. The Balaban J connectivity index is 1.67. The van der Waals surface area contributed by atoms with Gasteiger partial charge in [0, 0.05) is 32.4 Å². The SMILES string of the molecule is CCN(CC)CCCNC(=O)C1CCCN(c2nc3cccnc3n(CC)c2=O)C1. The third-order valence-electron chi connectivity index (χ3n) is 5.94. The Kier molecular flexibility index (Phi) is 7.79. The molecule has 1 atom stereocenters. The largest absolute Gasteiger partial charge is 0.356 e. The number of piperidine rings is 1. The molecule has 3 heterocycles. The van der Waals surface area contributed by atoms with Gasteiger partial charge in [0.25, 0.3) is 5.56 Å². The van der Waals surface area contributed by atoms with Crippen LogP contribution in [0.4, 0.5) is 5.82 Å². The summed E-state index contributed by atoms with van der Waals surface area (Å²) in [5.41, 5.74) is 1.18. The Hall–Kier alpha value is -2.48. The zero-order valence-electron chi connectivity index (χ0n) is 18.4. The lowest BCUT2D eigenvalue weighted by atomic mass is 9.97. The van der Waals surface area contributed by atoms with Crippen molar-refractivity contribution in [2.24, 2.45) is 5.92 Å². The number of hydrogen-bond acceptors (Lipinski definition) is 6. The van der Waals surface area contributed by atoms with Gasteiger partial charge in [0.1, 0.15) is 5.52 Å². The van der Waals surface area contributed by atoms with Crippen molar-refractivity contribution < 1.29 is 4.79 Å². The number of anilines is 1. The molecule has 1 fully saturated rings. The van der Waals surface area contributed by atoms with Gasteiger partial charge >= 0.3 is 0 Å². The normalized spacial score (nSPS) is 16.9. The van der Waals surface area contributed by atoms with Gasteiger partial charge in [-0.1, -0.05) is 13.8 Å². The molecule has 8 nitrogen and oxygen atoms in total. The molecular weight excluding hydrogens is 380 g/mol. The second kappa shape index (κ2) is 10.5. The van der Waals surface area contributed by atoms with Gasteiger partial charge in [-0.25, -0.2) is 9.97 Å². The van der Waals surface area contributed by atoms with Gasteiger partial charge in [-0.15, -0.1) is 0 Å². The van der Waals surface area contributed by atoms with Gasteiger partial charge in [-0.3, -0.25) is 14.2 Å². The minimum atomic E-state index is -0.135. The molecule has 0 spiro atoms. The predicted molar refractivity (Wildman–Crippen MR) is 120 cm³/mol. The molecule has 1 N–H and O–H groups in total. The van der Waals surface area contributed by atoms with E-state index in [0.717, 1.165) is 45.4 Å². The summed E-state index contributed by atoms with van der Waals surface area (Å²) in [7, 11) is 0. The number of aryl methyl sites for hydroxylation is 1. The summed E-state index contributed by atoms with van der Waals surface area (Å²) in [4.78, 5) is 39.0. The fraction of sp³-hybridized carbons (Fsp3) is 0.636. The highest BCUT2D eigenvalue weighted by molar-refractivity contribution is 5.79. The van der Waals surface area contributed by atoms with Crippen molar-refractivity contribution in [1.82, 2.24) is 24.8 Å². The zero-order valence-corrected chi connectivity index (χ0v) is 18.4. The van der Waals surface area contributed by atoms with E-state index >= 15 is 0 Å². The Bertz CT molecular complexity index is 908. The molecule has 1 aliphatic rings. The summed E-state index contributed by atoms with van der Waals surface area (Å²) < 4.78 is 1.66. The number of pyridine rings is 1. The number of carbonyl (C=O) groups excluding carboxylic acids is 1. The average molecular weight is 415 g/mol. The number of fused-ring (bicyclic) bond motifs is 1. The van der Waals surface area contributed by atoms with Crippen molar-refractivity contribution in [3.8, 4) is 0 Å². The molecule has 8 heteroatoms. The van der Waals surface area contributed by atoms with E-state index in [0.29, 0.717) is 36.6 Å². The highest BCUT2D eigenvalue weighted by Gasteiger charge is 2.28. The van der Waals surface area contributed by atoms with Crippen LogP contribution < -0.4 is 15.8 Å². The first-order valence-corrected chi connectivity index (χ1v) is 11.2. The number of amides is 1. The van der Waals surface area contributed by atoms with Gasteiger partial charge < -0.3 is 15.1 Å². The Labute approximate surface area is 178 Å². The molecule has 0 aliphatic carbocycles. The topological polar surface area (TPSA) is 83.4 Å². The molecule has 0 radical (unpaired) electrons. The maximum atomic E-state index is 13.0. The Morgan fingerprint density at radius 2 is 2.10 bits per heavy atom. The number of carbonyl (C=O) groups is 1. The molecule has 2 aromatic heterocycles. The van der Waals surface area contributed by atoms with Crippen molar-refractivity contribution >= 4 is 22.9 Å². The monoisotopic (exact) mass is 414 g/mol. The maximum absolute atomic E-state index is 13.0. The van der Waals surface area contributed by atoms with Crippen LogP contribution >= 0.6 is 0 Å². The molecule has 1 amide bonds. The van der Waals surface area contributed by atoms with Crippen LogP contribution in [0.5, 0.6) is 0 Å². The smallest absolute Gasteiger partial charge is 0.295 e. The molecule has 0 aromatic carbocycles. The van der Waals surface area contributed by atoms with Crippen LogP contribution in [-0.4, -0.2) is 64.6 Å². The standard InChI is InChI=1S/C22H34N6O2/c1-4-26(5-2)14-9-13-24-21(29)17-10-8-15-27(16-17)20-22(30)28(6-3)19-18(25-20)11-7-12-23-19/h7,11-12,17H,4-6,8-10,13-16H2,1-3H3,(H,24,29). The lowest BCUT2D eigenvalue weighted by Crippen LogP contribution is -2.46. The molecule has 1 unspecified atom stereocenters. The van der Waals surface area contributed by atoms with Crippen LogP contribution in [0, 0.1) is 5.92 Å². The summed E-state index contributed by atoms with van der Waals surface area (Å²) >= 11 is 0. The first-order valence-electron chi connectivity index (χ1n) is 11.2. The average Bonchev–Trinajstić information content (AvgIpc) is 2.78. The second-order valence-electron chi connectivity index (χ2n) is 7.79. The van der Waals surface area contributed by atoms with Crippen LogP contribution in [0.2, 0.25) is 0 Å². The number of nitrogens with zero attached hydrogens (tertiary/aromatic N) is 5. The lowest BCUT2D eigenvalue weighted by Gasteiger charge is -2.32. The van der Waals surface area contributed by atoms with Crippen molar-refractivity contribution in [2.45, 2.75) is 46.6 Å². The molecule has 0 saturated carbocycles. The number of rotatable bonds is 9. The maximum Gasteiger partial charge on any atom is 0.295 e. The predicted octanol–water partition coefficient (Wildman–Crippen LogP) is 1.88. The molecule has 3 rings (SSSR count). The fourth-order valence-electron chi connectivity index (χ4n) is 4.14. The van der Waals surface area contributed by atoms with E-state index in [4.69, 9.17) is 0 Å². The van der Waals surface area contributed by atoms with Crippen LogP contribution in [-0.2, 0) is 11.3 Å². The number of aromatic nitrogens is 3. The van der Waals surface area contributed by atoms with Crippen molar-refractivity contribution in [2.75, 3.05) is 44.2 Å². The summed E-state index contributed by atoms with van der Waals surface area (Å²) in [5.74, 6) is 0.391. The molecule has 1 aliphatic heterocycles. The molecule has 2 aromatic rings. The third-order valence-corrected chi connectivity index (χ3v) is 5.94. The van der Waals surface area contributed by atoms with E-state index in [1.165, 1.54) is 0 Å². The van der Waals surface area contributed by atoms with E-state index in [-0.39, 0.29) is 17.4 Å². The van der Waals surface area contributed by atoms with Crippen LogP contribution in [0.3, 0.4) is 0 Å². The van der Waals surface area contributed by atoms with Gasteiger partial charge in [-0.2, -0.15) is 0 Å². The molecule has 0 bridgehead atoms. The van der Waals surface area contributed by atoms with Crippen LogP contribution in [0.15, 0.2) is 23.1 Å². The highest BCUT2D eigenvalue weighted by atomic mass is 16.2. The van der Waals surface area contributed by atoms with E-state index in [1.54, 1.807) is 10.8 Å². The molecule has 30 heavy (non-hydrogen) atoms. The molecule has 1 saturated heterocycles. The first kappa shape index (κ1) is 22.2. The summed E-state index contributed by atoms with van der Waals surface area (Å²) in [5, 5.41) is 3.09. The quantitative estimate of drug-likeness (QED) is 0.631. The summed E-state index contributed by atoms with van der Waals surface area (Å²) in [6.07, 6.45) is 4.34. The summed E-state index contributed by atoms with van der Waals surface area (Å²) in [6.45, 7) is 11.8. The van der Waals surface area contributed by atoms with Gasteiger partial charge in [-0.05, 0) is 58.0 Å². The van der Waals surface area contributed by atoms with E-state index < -0.39 is 0 Å². The van der Waals surface area contributed by atoms with E-state index in [2.05, 4.69) is 34.0 Å². The van der Waals surface area contributed by atoms with Gasteiger partial charge in [0.15, 0.2) is 11.5 Å². The van der Waals surface area contributed by atoms with Gasteiger partial charge in [0.05, 0.1) is 5.92 Å². The minimum absolute atomic E-state index is 0.0810. The molecule has 164 valence electrons. The fourth-order valence-corrected chi connectivity index (χ4v) is 4.14. The Morgan fingerprint density at radius 1 is 1.30 bits per heavy atom. The molecular formula is C22H34N6O2. The lowest BCUT2D eigenvalue weighted by molar-refractivity contribution is -0.125. The van der Waals surface area contributed by atoms with Crippen LogP contribution in [0.25, 0.3) is 11.2 Å². The van der Waals surface area contributed by atoms with Crippen molar-refractivity contribution in [3.05, 3.63) is 28.7 Å². The second-order valence-corrected chi connectivity index (χ2v) is 7.79. The number of hydrogen-bond donors (Lipinski definition) is 1.